The molecule has 1 aliphatic rings. The van der Waals surface area contributed by atoms with Gasteiger partial charge in [-0.3, -0.25) is 9.69 Å². The number of rotatable bonds is 7. The number of aromatic nitrogens is 4. The molecule has 3 heterocycles. The highest BCUT2D eigenvalue weighted by Gasteiger charge is 2.38. The number of alkyl halides is 2. The molecule has 2 aromatic heterocycles. The summed E-state index contributed by atoms with van der Waals surface area (Å²) in [6.07, 6.45) is -1.71. The maximum Gasteiger partial charge on any atom is 0.320 e. The van der Waals surface area contributed by atoms with Crippen LogP contribution in [0.1, 0.15) is 60.2 Å². The zero-order valence-corrected chi connectivity index (χ0v) is 19.7. The van der Waals surface area contributed by atoms with E-state index in [0.717, 1.165) is 5.56 Å². The molecule has 3 aromatic rings. The molecule has 3 N–H and O–H groups in total. The average molecular weight is 485 g/mol. The monoisotopic (exact) mass is 485 g/mol. The average Bonchev–Trinajstić information content (AvgIpc) is 3.19. The minimum Gasteiger partial charge on any atom is -0.496 e. The molecule has 10 nitrogen and oxygen atoms in total. The fourth-order valence-corrected chi connectivity index (χ4v) is 4.73. The minimum absolute atomic E-state index is 0.00767. The number of carboxylic acid groups (broad SMARTS) is 1. The highest BCUT2D eigenvalue weighted by molar-refractivity contribution is 5.88. The lowest BCUT2D eigenvalue weighted by Gasteiger charge is -2.43. The molecule has 0 saturated carbocycles. The number of carboxylic acids is 1. The van der Waals surface area contributed by atoms with Crippen molar-refractivity contribution >= 4 is 22.8 Å². The van der Waals surface area contributed by atoms with E-state index in [4.69, 9.17) is 10.5 Å². The maximum atomic E-state index is 13.7. The number of fused-ring (bicyclic) bond motifs is 1. The maximum absolute atomic E-state index is 13.7. The van der Waals surface area contributed by atoms with Gasteiger partial charge in [0.15, 0.2) is 5.65 Å². The number of nitrogen functional groups attached to an aromatic ring is 1. The molecule has 35 heavy (non-hydrogen) atoms. The van der Waals surface area contributed by atoms with Gasteiger partial charge in [-0.25, -0.2) is 23.4 Å². The van der Waals surface area contributed by atoms with Crippen LogP contribution in [0.3, 0.4) is 0 Å². The lowest BCUT2D eigenvalue weighted by Crippen LogP contribution is -2.52. The number of hydrogen-bond donors (Lipinski definition) is 2. The van der Waals surface area contributed by atoms with Crippen molar-refractivity contribution in [3.05, 3.63) is 40.3 Å². The van der Waals surface area contributed by atoms with E-state index in [0.29, 0.717) is 35.5 Å². The van der Waals surface area contributed by atoms with Crippen LogP contribution >= 0.6 is 0 Å². The Morgan fingerprint density at radius 3 is 2.60 bits per heavy atom. The molecule has 1 fully saturated rings. The topological polar surface area (TPSA) is 143 Å². The van der Waals surface area contributed by atoms with Crippen molar-refractivity contribution in [2.45, 2.75) is 45.2 Å². The summed E-state index contributed by atoms with van der Waals surface area (Å²) in [4.78, 5) is 21.1. The van der Waals surface area contributed by atoms with Gasteiger partial charge in [0.2, 0.25) is 0 Å². The molecule has 0 aliphatic carbocycles. The van der Waals surface area contributed by atoms with Gasteiger partial charge in [-0.05, 0) is 38.0 Å². The third-order valence-electron chi connectivity index (χ3n) is 6.74. The zero-order valence-electron chi connectivity index (χ0n) is 19.7. The van der Waals surface area contributed by atoms with Crippen LogP contribution in [-0.2, 0) is 4.79 Å². The Bertz CT molecular complexity index is 1350. The number of aliphatic carboxylic acids is 1. The van der Waals surface area contributed by atoms with Gasteiger partial charge in [0.05, 0.1) is 30.2 Å². The Balaban J connectivity index is 1.80. The van der Waals surface area contributed by atoms with Gasteiger partial charge in [0, 0.05) is 24.6 Å². The molecule has 4 rings (SSSR count). The standard InChI is InChI=1S/C23H25F2N7O3/c1-10-15(6-26)14(5-16(35-4)17(10)13-7-31(8-13)12(3)23(33)34)11(2)32-22-18(19(30-32)20(24)25)21(27)28-9-29-22/h5,9,11-13,20H,7-8H2,1-4H3,(H,33,34)(H2,27,28,29). The molecule has 0 bridgehead atoms. The Hall–Kier alpha value is -3.85. The fraction of sp³-hybridized carbons (Fsp3) is 0.435. The predicted octanol–water partition coefficient (Wildman–Crippen LogP) is 3.02. The number of methoxy groups -OCH3 is 1. The van der Waals surface area contributed by atoms with Gasteiger partial charge in [-0.15, -0.1) is 0 Å². The number of nitrogens with two attached hydrogens (primary N) is 1. The highest BCUT2D eigenvalue weighted by atomic mass is 19.3. The third kappa shape index (κ3) is 3.91. The SMILES string of the molecule is COc1cc(C(C)n2nc(C(F)F)c3c(N)ncnc32)c(C#N)c(C)c1C1CN(C(C)C(=O)O)C1. The van der Waals surface area contributed by atoms with Gasteiger partial charge in [-0.1, -0.05) is 0 Å². The molecular formula is C23H25F2N7O3. The third-order valence-corrected chi connectivity index (χ3v) is 6.74. The molecule has 2 atom stereocenters. The van der Waals surface area contributed by atoms with Gasteiger partial charge in [0.1, 0.15) is 29.6 Å². The van der Waals surface area contributed by atoms with Crippen LogP contribution in [0.15, 0.2) is 12.4 Å². The lowest BCUT2D eigenvalue weighted by atomic mass is 9.82. The number of benzene rings is 1. The number of hydrogen-bond acceptors (Lipinski definition) is 8. The van der Waals surface area contributed by atoms with Crippen LogP contribution in [0, 0.1) is 18.3 Å². The summed E-state index contributed by atoms with van der Waals surface area (Å²) in [5, 5.41) is 23.4. The molecular weight excluding hydrogens is 460 g/mol. The first kappa shape index (κ1) is 24.3. The zero-order chi connectivity index (χ0) is 25.6. The molecule has 2 unspecified atom stereocenters. The Kier molecular flexibility index (Phi) is 6.29. The van der Waals surface area contributed by atoms with Crippen molar-refractivity contribution in [1.82, 2.24) is 24.6 Å². The summed E-state index contributed by atoms with van der Waals surface area (Å²) in [7, 11) is 1.52. The molecule has 0 radical (unpaired) electrons. The van der Waals surface area contributed by atoms with Gasteiger partial charge >= 0.3 is 5.97 Å². The Morgan fingerprint density at radius 2 is 2.03 bits per heavy atom. The first-order valence-corrected chi connectivity index (χ1v) is 11.0. The normalized spacial score (nSPS) is 16.2. The van der Waals surface area contributed by atoms with Gasteiger partial charge < -0.3 is 15.6 Å². The van der Waals surface area contributed by atoms with Crippen LogP contribution in [0.2, 0.25) is 0 Å². The van der Waals surface area contributed by atoms with E-state index in [1.165, 1.54) is 18.1 Å². The number of halogens is 2. The summed E-state index contributed by atoms with van der Waals surface area (Å²) in [6.45, 7) is 6.20. The number of anilines is 1. The Morgan fingerprint density at radius 1 is 1.34 bits per heavy atom. The molecule has 12 heteroatoms. The summed E-state index contributed by atoms with van der Waals surface area (Å²) >= 11 is 0. The molecule has 1 aliphatic heterocycles. The number of likely N-dealkylation sites (tertiary alicyclic amines) is 1. The summed E-state index contributed by atoms with van der Waals surface area (Å²) in [5.41, 5.74) is 7.90. The molecule has 0 spiro atoms. The van der Waals surface area contributed by atoms with Crippen molar-refractivity contribution in [2.75, 3.05) is 25.9 Å². The predicted molar refractivity (Wildman–Crippen MR) is 122 cm³/mol. The van der Waals surface area contributed by atoms with Crippen molar-refractivity contribution in [3.63, 3.8) is 0 Å². The van der Waals surface area contributed by atoms with Crippen LogP contribution in [0.5, 0.6) is 5.75 Å². The van der Waals surface area contributed by atoms with E-state index in [-0.39, 0.29) is 22.8 Å². The molecule has 184 valence electrons. The second kappa shape index (κ2) is 9.07. The van der Waals surface area contributed by atoms with Gasteiger partial charge in [-0.2, -0.15) is 10.4 Å². The fourth-order valence-electron chi connectivity index (χ4n) is 4.73. The summed E-state index contributed by atoms with van der Waals surface area (Å²) < 4.78 is 34.4. The van der Waals surface area contributed by atoms with E-state index in [2.05, 4.69) is 21.1 Å². The van der Waals surface area contributed by atoms with E-state index >= 15 is 0 Å². The van der Waals surface area contributed by atoms with E-state index in [9.17, 15) is 23.9 Å². The molecule has 1 aromatic carbocycles. The second-order valence-corrected chi connectivity index (χ2v) is 8.62. The molecule has 0 amide bonds. The number of carbonyl (C=O) groups is 1. The lowest BCUT2D eigenvalue weighted by molar-refractivity contribution is -0.144. The van der Waals surface area contributed by atoms with Crippen LogP contribution in [-0.4, -0.2) is 62.0 Å². The Labute approximate surface area is 199 Å². The number of nitrogens with zero attached hydrogens (tertiary/aromatic N) is 6. The van der Waals surface area contributed by atoms with Crippen LogP contribution in [0.4, 0.5) is 14.6 Å². The van der Waals surface area contributed by atoms with E-state index < -0.39 is 30.2 Å². The summed E-state index contributed by atoms with van der Waals surface area (Å²) in [6, 6.07) is 2.69. The quantitative estimate of drug-likeness (QED) is 0.516. The van der Waals surface area contributed by atoms with Crippen molar-refractivity contribution in [3.8, 4) is 11.8 Å². The first-order valence-electron chi connectivity index (χ1n) is 11.0. The smallest absolute Gasteiger partial charge is 0.320 e. The first-order chi connectivity index (χ1) is 16.6. The van der Waals surface area contributed by atoms with Gasteiger partial charge in [0.25, 0.3) is 6.43 Å². The minimum atomic E-state index is -2.89. The molecule has 1 saturated heterocycles. The van der Waals surface area contributed by atoms with Crippen LogP contribution in [0.25, 0.3) is 11.0 Å². The second-order valence-electron chi connectivity index (χ2n) is 8.62. The largest absolute Gasteiger partial charge is 0.496 e. The number of nitriles is 1. The van der Waals surface area contributed by atoms with Crippen LogP contribution < -0.4 is 10.5 Å². The summed E-state index contributed by atoms with van der Waals surface area (Å²) in [5.74, 6) is -0.464. The van der Waals surface area contributed by atoms with Crippen molar-refractivity contribution in [2.24, 2.45) is 0 Å². The van der Waals surface area contributed by atoms with Crippen molar-refractivity contribution < 1.29 is 23.4 Å². The van der Waals surface area contributed by atoms with Crippen molar-refractivity contribution in [1.29, 1.82) is 5.26 Å². The highest BCUT2D eigenvalue weighted by Crippen LogP contribution is 2.42. The van der Waals surface area contributed by atoms with E-state index in [1.54, 1.807) is 19.9 Å². The van der Waals surface area contributed by atoms with E-state index in [1.807, 2.05) is 11.8 Å². The number of ether oxygens (including phenoxy) is 1.